The lowest BCUT2D eigenvalue weighted by molar-refractivity contribution is -0.145. The van der Waals surface area contributed by atoms with Gasteiger partial charge < -0.3 is 0 Å². The van der Waals surface area contributed by atoms with Gasteiger partial charge in [0.05, 0.1) is 0 Å². The minimum absolute atomic E-state index is 0.211. The Morgan fingerprint density at radius 2 is 0.930 bits per heavy atom. The number of hydrogen-bond acceptors (Lipinski definition) is 3. The van der Waals surface area contributed by atoms with Crippen molar-refractivity contribution in [3.8, 4) is 23.0 Å². The minimum atomic E-state index is 0.211. The van der Waals surface area contributed by atoms with E-state index in [0.717, 1.165) is 28.4 Å². The fourth-order valence-electron chi connectivity index (χ4n) is 10.4. The van der Waals surface area contributed by atoms with Crippen molar-refractivity contribution in [2.45, 2.75) is 49.9 Å². The number of rotatable bonds is 5. The van der Waals surface area contributed by atoms with E-state index in [1.165, 1.54) is 71.9 Å². The van der Waals surface area contributed by atoms with E-state index >= 15 is 0 Å². The van der Waals surface area contributed by atoms with E-state index in [1.807, 2.05) is 0 Å². The number of fused-ring (bicyclic) bond motifs is 3. The highest BCUT2D eigenvalue weighted by molar-refractivity contribution is 7.80. The summed E-state index contributed by atoms with van der Waals surface area (Å²) in [5.41, 5.74) is 11.6. The van der Waals surface area contributed by atoms with Crippen LogP contribution in [-0.2, 0) is 5.41 Å². The molecule has 0 atom stereocenters. The normalized spacial score (nSPS) is 30.0. The van der Waals surface area contributed by atoms with Gasteiger partial charge in [0, 0.05) is 17.0 Å². The van der Waals surface area contributed by atoms with Gasteiger partial charge in [0.15, 0.2) is 0 Å². The topological polar surface area (TPSA) is 0 Å². The first-order valence-electron chi connectivity index (χ1n) is 15.7. The summed E-state index contributed by atoms with van der Waals surface area (Å²) in [6.45, 7) is 0. The molecule has 216 valence electrons. The maximum atomic E-state index is 4.93. The van der Waals surface area contributed by atoms with E-state index in [0.29, 0.717) is 16.2 Å². The van der Waals surface area contributed by atoms with Crippen LogP contribution in [0.4, 0.5) is 0 Å². The van der Waals surface area contributed by atoms with Crippen LogP contribution in [0, 0.1) is 28.1 Å². The molecule has 0 heterocycles. The van der Waals surface area contributed by atoms with Gasteiger partial charge in [-0.3, -0.25) is 0 Å². The summed E-state index contributed by atoms with van der Waals surface area (Å²) in [4.78, 5) is 0. The third-order valence-corrected chi connectivity index (χ3v) is 13.3. The molecule has 4 aromatic carbocycles. The van der Waals surface area contributed by atoms with Gasteiger partial charge in [-0.2, -0.15) is 37.9 Å². The Morgan fingerprint density at radius 1 is 0.512 bits per heavy atom. The standard InChI is InChI=1S/C40H38S3/c41-25-37-19-38(26-42)21-39(20-37,27-43)24-40(22-37,23-38)31-17-13-29(14-18-31)10-9-28-11-15-30(16-12-28)36-34-7-3-1-5-32(34)33-6-2-4-8-35(33)36/h1-8,11-18,36,41-43H,19-27H2. The zero-order valence-corrected chi connectivity index (χ0v) is 27.2. The van der Waals surface area contributed by atoms with Crippen molar-refractivity contribution in [2.75, 3.05) is 17.3 Å². The molecule has 43 heavy (non-hydrogen) atoms. The van der Waals surface area contributed by atoms with Gasteiger partial charge in [-0.1, -0.05) is 84.6 Å². The summed E-state index contributed by atoms with van der Waals surface area (Å²) >= 11 is 14.8. The first-order chi connectivity index (χ1) is 20.9. The van der Waals surface area contributed by atoms with Crippen LogP contribution in [0.1, 0.15) is 77.8 Å². The van der Waals surface area contributed by atoms with Crippen LogP contribution in [0.2, 0.25) is 0 Å². The highest BCUT2D eigenvalue weighted by atomic mass is 32.1. The smallest absolute Gasteiger partial charge is 0.0352 e. The zero-order chi connectivity index (χ0) is 29.3. The number of hydrogen-bond donors (Lipinski definition) is 3. The van der Waals surface area contributed by atoms with E-state index in [2.05, 4.69) is 109 Å². The molecule has 0 unspecified atom stereocenters. The fourth-order valence-corrected chi connectivity index (χ4v) is 11.4. The van der Waals surface area contributed by atoms with Gasteiger partial charge in [0.1, 0.15) is 0 Å². The van der Waals surface area contributed by atoms with E-state index < -0.39 is 0 Å². The zero-order valence-electron chi connectivity index (χ0n) is 24.5. The Bertz CT molecular complexity index is 1650. The third kappa shape index (κ3) is 4.47. The second-order valence-electron chi connectivity index (χ2n) is 14.4. The van der Waals surface area contributed by atoms with Crippen LogP contribution in [0.15, 0.2) is 97.1 Å². The van der Waals surface area contributed by atoms with E-state index in [1.54, 1.807) is 0 Å². The molecule has 3 heteroatoms. The van der Waals surface area contributed by atoms with Crippen molar-refractivity contribution < 1.29 is 0 Å². The molecule has 9 rings (SSSR count). The lowest BCUT2D eigenvalue weighted by Crippen LogP contribution is -2.64. The number of benzene rings is 4. The highest BCUT2D eigenvalue weighted by Gasteiger charge is 2.67. The quantitative estimate of drug-likeness (QED) is 0.127. The Balaban J connectivity index is 1.05. The summed E-state index contributed by atoms with van der Waals surface area (Å²) in [5, 5.41) is 0. The summed E-state index contributed by atoms with van der Waals surface area (Å²) in [5.74, 6) is 10.1. The van der Waals surface area contributed by atoms with Crippen LogP contribution in [0.5, 0.6) is 0 Å². The molecule has 0 spiro atoms. The Labute approximate surface area is 273 Å². The van der Waals surface area contributed by atoms with E-state index in [9.17, 15) is 0 Å². The predicted octanol–water partition coefficient (Wildman–Crippen LogP) is 9.61. The molecule has 0 aliphatic heterocycles. The van der Waals surface area contributed by atoms with Crippen molar-refractivity contribution in [1.29, 1.82) is 0 Å². The lowest BCUT2D eigenvalue weighted by atomic mass is 9.35. The van der Waals surface area contributed by atoms with Gasteiger partial charge in [-0.15, -0.1) is 0 Å². The van der Waals surface area contributed by atoms with Crippen LogP contribution in [0.25, 0.3) is 11.1 Å². The van der Waals surface area contributed by atoms with Crippen molar-refractivity contribution >= 4 is 37.9 Å². The predicted molar refractivity (Wildman–Crippen MR) is 190 cm³/mol. The van der Waals surface area contributed by atoms with Crippen LogP contribution in [0.3, 0.4) is 0 Å². The Morgan fingerprint density at radius 3 is 1.37 bits per heavy atom. The summed E-state index contributed by atoms with van der Waals surface area (Å²) < 4.78 is 0. The highest BCUT2D eigenvalue weighted by Crippen LogP contribution is 2.74. The largest absolute Gasteiger partial charge is 0.179 e. The first kappa shape index (κ1) is 28.0. The first-order valence-corrected chi connectivity index (χ1v) is 17.6. The van der Waals surface area contributed by atoms with Gasteiger partial charge >= 0.3 is 0 Å². The average molecular weight is 615 g/mol. The fraction of sp³-hybridized carbons (Fsp3) is 0.350. The van der Waals surface area contributed by atoms with Gasteiger partial charge in [-0.05, 0) is 135 Å². The molecule has 5 aliphatic rings. The van der Waals surface area contributed by atoms with E-state index in [-0.39, 0.29) is 11.3 Å². The van der Waals surface area contributed by atoms with Crippen LogP contribution < -0.4 is 0 Å². The minimum Gasteiger partial charge on any atom is -0.179 e. The number of thiol groups is 3. The molecule has 0 radical (unpaired) electrons. The van der Waals surface area contributed by atoms with Crippen LogP contribution >= 0.6 is 37.9 Å². The Kier molecular flexibility index (Phi) is 6.68. The summed E-state index contributed by atoms with van der Waals surface area (Å²) in [7, 11) is 0. The molecule has 4 fully saturated rings. The van der Waals surface area contributed by atoms with Crippen molar-refractivity contribution in [3.05, 3.63) is 130 Å². The molecule has 4 aromatic rings. The van der Waals surface area contributed by atoms with Gasteiger partial charge in [0.2, 0.25) is 0 Å². The molecule has 5 aliphatic carbocycles. The van der Waals surface area contributed by atoms with Gasteiger partial charge in [-0.25, -0.2) is 0 Å². The van der Waals surface area contributed by atoms with Crippen molar-refractivity contribution in [3.63, 3.8) is 0 Å². The molecule has 4 bridgehead atoms. The molecular weight excluding hydrogens is 577 g/mol. The maximum Gasteiger partial charge on any atom is 0.0352 e. The second-order valence-corrected chi connectivity index (χ2v) is 15.3. The monoisotopic (exact) mass is 614 g/mol. The van der Waals surface area contributed by atoms with Crippen LogP contribution in [-0.4, -0.2) is 17.3 Å². The SMILES string of the molecule is SCC12CC3(CS)CC(CS)(C1)CC(c1ccc(C#Cc4ccc(C5c6ccccc6-c6ccccc65)cc4)cc1)(C2)C3. The molecule has 4 saturated carbocycles. The summed E-state index contributed by atoms with van der Waals surface area (Å²) in [6.07, 6.45) is 7.61. The average Bonchev–Trinajstić information content (AvgIpc) is 3.38. The Hall–Kier alpha value is -2.51. The molecule has 0 saturated heterocycles. The maximum absolute atomic E-state index is 4.93. The molecule has 0 nitrogen and oxygen atoms in total. The molecule has 0 amide bonds. The molecule has 0 aromatic heterocycles. The summed E-state index contributed by atoms with van der Waals surface area (Å²) in [6, 6.07) is 35.8. The lowest BCUT2D eigenvalue weighted by Gasteiger charge is -2.71. The van der Waals surface area contributed by atoms with Gasteiger partial charge in [0.25, 0.3) is 0 Å². The second kappa shape index (κ2) is 10.3. The van der Waals surface area contributed by atoms with Crippen molar-refractivity contribution in [1.82, 2.24) is 0 Å². The molecular formula is C40H38S3. The van der Waals surface area contributed by atoms with E-state index in [4.69, 9.17) is 37.9 Å². The molecule has 0 N–H and O–H groups in total. The third-order valence-electron chi connectivity index (χ3n) is 11.3. The van der Waals surface area contributed by atoms with Crippen molar-refractivity contribution in [2.24, 2.45) is 16.2 Å².